The Kier molecular flexibility index (Phi) is 2.93. The van der Waals surface area contributed by atoms with Crippen LogP contribution in [0, 0.1) is 12.3 Å². The van der Waals surface area contributed by atoms with Gasteiger partial charge in [-0.15, -0.1) is 12.3 Å². The van der Waals surface area contributed by atoms with Gasteiger partial charge in [-0.05, 0) is 23.3 Å². The molecule has 2 rings (SSSR count). The molecule has 0 aliphatic carbocycles. The Morgan fingerprint density at radius 3 is 2.88 bits per heavy atom. The van der Waals surface area contributed by atoms with Gasteiger partial charge in [0.25, 0.3) is 0 Å². The van der Waals surface area contributed by atoms with E-state index in [1.807, 2.05) is 6.07 Å². The van der Waals surface area contributed by atoms with E-state index in [9.17, 15) is 4.79 Å². The average molecular weight is 215 g/mol. The zero-order valence-electron chi connectivity index (χ0n) is 8.94. The Bertz CT molecular complexity index is 459. The fourth-order valence-electron chi connectivity index (χ4n) is 1.98. The first kappa shape index (κ1) is 10.7. The Balaban J connectivity index is 2.13. The minimum atomic E-state index is -0.870. The Hall–Kier alpha value is -1.79. The van der Waals surface area contributed by atoms with Gasteiger partial charge >= 0.3 is 5.97 Å². The quantitative estimate of drug-likeness (QED) is 0.780. The number of nitrogens with zero attached hydrogens (tertiary/aromatic N) is 1. The first-order chi connectivity index (χ1) is 7.70. The van der Waals surface area contributed by atoms with E-state index in [4.69, 9.17) is 11.5 Å². The van der Waals surface area contributed by atoms with Crippen molar-refractivity contribution >= 4 is 5.97 Å². The van der Waals surface area contributed by atoms with Gasteiger partial charge in [0.2, 0.25) is 0 Å². The molecule has 0 fully saturated rings. The lowest BCUT2D eigenvalue weighted by atomic mass is 10.1. The van der Waals surface area contributed by atoms with Crippen LogP contribution in [0.5, 0.6) is 0 Å². The van der Waals surface area contributed by atoms with Crippen molar-refractivity contribution in [1.29, 1.82) is 0 Å². The molecule has 1 aliphatic heterocycles. The van der Waals surface area contributed by atoms with Crippen LogP contribution in [-0.4, -0.2) is 22.5 Å². The van der Waals surface area contributed by atoms with E-state index in [-0.39, 0.29) is 0 Å². The molecule has 1 aromatic rings. The second-order valence-electron chi connectivity index (χ2n) is 3.95. The van der Waals surface area contributed by atoms with Crippen molar-refractivity contribution in [3.05, 3.63) is 34.9 Å². The van der Waals surface area contributed by atoms with Crippen LogP contribution < -0.4 is 0 Å². The van der Waals surface area contributed by atoms with Gasteiger partial charge < -0.3 is 5.11 Å². The van der Waals surface area contributed by atoms with Crippen LogP contribution in [-0.2, 0) is 13.1 Å². The first-order valence-corrected chi connectivity index (χ1v) is 5.21. The van der Waals surface area contributed by atoms with E-state index in [1.165, 1.54) is 5.56 Å². The predicted molar refractivity (Wildman–Crippen MR) is 61.0 cm³/mol. The summed E-state index contributed by atoms with van der Waals surface area (Å²) in [7, 11) is 0. The molecular formula is C13H13NO2. The summed E-state index contributed by atoms with van der Waals surface area (Å²) in [6, 6.07) is 5.31. The molecule has 0 unspecified atom stereocenters. The maximum atomic E-state index is 10.8. The monoisotopic (exact) mass is 215 g/mol. The van der Waals surface area contributed by atoms with Crippen molar-refractivity contribution in [3.63, 3.8) is 0 Å². The van der Waals surface area contributed by atoms with Gasteiger partial charge in [0, 0.05) is 26.1 Å². The molecule has 1 N–H and O–H groups in total. The lowest BCUT2D eigenvalue weighted by Gasteiger charge is -2.11. The number of hydrogen-bond donors (Lipinski definition) is 1. The number of fused-ring (bicyclic) bond motifs is 1. The van der Waals surface area contributed by atoms with Crippen LogP contribution in [0.2, 0.25) is 0 Å². The van der Waals surface area contributed by atoms with Crippen molar-refractivity contribution in [2.75, 3.05) is 6.54 Å². The third-order valence-corrected chi connectivity index (χ3v) is 2.81. The van der Waals surface area contributed by atoms with Crippen molar-refractivity contribution in [3.8, 4) is 12.3 Å². The van der Waals surface area contributed by atoms with Gasteiger partial charge in [-0.2, -0.15) is 0 Å². The molecule has 1 heterocycles. The van der Waals surface area contributed by atoms with E-state index in [0.717, 1.165) is 31.6 Å². The topological polar surface area (TPSA) is 40.5 Å². The molecular weight excluding hydrogens is 202 g/mol. The van der Waals surface area contributed by atoms with Crippen LogP contribution in [0.3, 0.4) is 0 Å². The van der Waals surface area contributed by atoms with Crippen LogP contribution in [0.15, 0.2) is 18.2 Å². The number of aromatic carboxylic acids is 1. The molecule has 16 heavy (non-hydrogen) atoms. The molecule has 82 valence electrons. The highest BCUT2D eigenvalue weighted by molar-refractivity contribution is 5.87. The summed E-state index contributed by atoms with van der Waals surface area (Å²) in [6.45, 7) is 2.54. The van der Waals surface area contributed by atoms with Gasteiger partial charge in [0.1, 0.15) is 0 Å². The minimum absolute atomic E-state index is 0.359. The zero-order chi connectivity index (χ0) is 11.5. The number of carboxylic acid groups (broad SMARTS) is 1. The SMILES string of the molecule is C#CCCN1Cc2ccc(C(=O)O)cc2C1. The summed E-state index contributed by atoms with van der Waals surface area (Å²) in [5, 5.41) is 8.88. The van der Waals surface area contributed by atoms with Gasteiger partial charge in [0.15, 0.2) is 0 Å². The molecule has 3 nitrogen and oxygen atoms in total. The largest absolute Gasteiger partial charge is 0.478 e. The molecule has 0 amide bonds. The highest BCUT2D eigenvalue weighted by atomic mass is 16.4. The number of rotatable bonds is 3. The summed E-state index contributed by atoms with van der Waals surface area (Å²) >= 11 is 0. The van der Waals surface area contributed by atoms with E-state index >= 15 is 0 Å². The molecule has 1 aliphatic rings. The molecule has 0 saturated heterocycles. The van der Waals surface area contributed by atoms with Crippen LogP contribution in [0.1, 0.15) is 27.9 Å². The van der Waals surface area contributed by atoms with Gasteiger partial charge in [-0.25, -0.2) is 4.79 Å². The van der Waals surface area contributed by atoms with E-state index < -0.39 is 5.97 Å². The van der Waals surface area contributed by atoms with E-state index in [2.05, 4.69) is 10.8 Å². The number of hydrogen-bond acceptors (Lipinski definition) is 2. The van der Waals surface area contributed by atoms with Crippen molar-refractivity contribution in [2.24, 2.45) is 0 Å². The lowest BCUT2D eigenvalue weighted by molar-refractivity contribution is 0.0697. The van der Waals surface area contributed by atoms with Crippen LogP contribution in [0.4, 0.5) is 0 Å². The molecule has 0 aromatic heterocycles. The molecule has 0 spiro atoms. The van der Waals surface area contributed by atoms with E-state index in [1.54, 1.807) is 12.1 Å². The first-order valence-electron chi connectivity index (χ1n) is 5.21. The maximum Gasteiger partial charge on any atom is 0.335 e. The number of carboxylic acids is 1. The fourth-order valence-corrected chi connectivity index (χ4v) is 1.98. The Morgan fingerprint density at radius 2 is 2.19 bits per heavy atom. The molecule has 0 saturated carbocycles. The molecule has 3 heteroatoms. The zero-order valence-corrected chi connectivity index (χ0v) is 8.94. The van der Waals surface area contributed by atoms with Crippen molar-refractivity contribution < 1.29 is 9.90 Å². The van der Waals surface area contributed by atoms with Crippen molar-refractivity contribution in [2.45, 2.75) is 19.5 Å². The Morgan fingerprint density at radius 1 is 1.44 bits per heavy atom. The van der Waals surface area contributed by atoms with E-state index in [0.29, 0.717) is 5.56 Å². The standard InChI is InChI=1S/C13H13NO2/c1-2-3-6-14-8-11-5-4-10(13(15)16)7-12(11)9-14/h1,4-5,7H,3,6,8-9H2,(H,15,16). The summed E-state index contributed by atoms with van der Waals surface area (Å²) < 4.78 is 0. The van der Waals surface area contributed by atoms with Gasteiger partial charge in [0.05, 0.1) is 5.56 Å². The second kappa shape index (κ2) is 4.38. The average Bonchev–Trinajstić information content (AvgIpc) is 2.67. The van der Waals surface area contributed by atoms with Crippen LogP contribution in [0.25, 0.3) is 0 Å². The van der Waals surface area contributed by atoms with Gasteiger partial charge in [-0.3, -0.25) is 4.90 Å². The number of benzene rings is 1. The molecule has 1 aromatic carbocycles. The highest BCUT2D eigenvalue weighted by Crippen LogP contribution is 2.23. The molecule has 0 radical (unpaired) electrons. The molecule has 0 bridgehead atoms. The second-order valence-corrected chi connectivity index (χ2v) is 3.95. The summed E-state index contributed by atoms with van der Waals surface area (Å²) in [4.78, 5) is 13.0. The lowest BCUT2D eigenvalue weighted by Crippen LogP contribution is -2.17. The maximum absolute atomic E-state index is 10.8. The number of terminal acetylenes is 1. The Labute approximate surface area is 94.7 Å². The third-order valence-electron chi connectivity index (χ3n) is 2.81. The van der Waals surface area contributed by atoms with Crippen molar-refractivity contribution in [1.82, 2.24) is 4.90 Å². The van der Waals surface area contributed by atoms with Gasteiger partial charge in [-0.1, -0.05) is 6.07 Å². The molecule has 0 atom stereocenters. The third kappa shape index (κ3) is 2.07. The predicted octanol–water partition coefficient (Wildman–Crippen LogP) is 1.72. The minimum Gasteiger partial charge on any atom is -0.478 e. The smallest absolute Gasteiger partial charge is 0.335 e. The normalized spacial score (nSPS) is 14.4. The van der Waals surface area contributed by atoms with Crippen LogP contribution >= 0.6 is 0 Å². The summed E-state index contributed by atoms with van der Waals surface area (Å²) in [5.74, 6) is 1.74. The highest BCUT2D eigenvalue weighted by Gasteiger charge is 2.19. The fraction of sp³-hybridized carbons (Fsp3) is 0.308. The number of carbonyl (C=O) groups is 1. The summed E-state index contributed by atoms with van der Waals surface area (Å²) in [6.07, 6.45) is 5.96. The summed E-state index contributed by atoms with van der Waals surface area (Å²) in [5.41, 5.74) is 2.68.